The van der Waals surface area contributed by atoms with Crippen LogP contribution in [0.3, 0.4) is 0 Å². The minimum Gasteiger partial charge on any atom is -0.373 e. The Morgan fingerprint density at radius 3 is 2.38 bits per heavy atom. The fourth-order valence-electron chi connectivity index (χ4n) is 2.26. The summed E-state index contributed by atoms with van der Waals surface area (Å²) >= 11 is 0. The highest BCUT2D eigenvalue weighted by molar-refractivity contribution is 5.85. The molecular weight excluding hydrogens is 206 g/mol. The molecule has 0 aromatic carbocycles. The molecule has 5 nitrogen and oxygen atoms in total. The fourth-order valence-corrected chi connectivity index (χ4v) is 2.26. The fraction of sp³-hybridized carbons (Fsp3) is 0.909. The monoisotopic (exact) mass is 229 g/mol. The molecule has 0 aromatic rings. The molecule has 0 saturated carbocycles. The van der Waals surface area contributed by atoms with Gasteiger partial charge in [0, 0.05) is 13.1 Å². The Kier molecular flexibility index (Phi) is 4.29. The average Bonchev–Trinajstić information content (AvgIpc) is 2.25. The maximum atomic E-state index is 11.9. The summed E-state index contributed by atoms with van der Waals surface area (Å²) in [5, 5.41) is 0. The molecular formula is C11H23N3O2. The second-order valence-corrected chi connectivity index (χ2v) is 4.76. The summed E-state index contributed by atoms with van der Waals surface area (Å²) in [6.07, 6.45) is 1.04. The minimum absolute atomic E-state index is 0.128. The normalized spacial score (nSPS) is 30.8. The molecule has 1 aliphatic rings. The van der Waals surface area contributed by atoms with Crippen LogP contribution in [-0.4, -0.2) is 41.6 Å². The lowest BCUT2D eigenvalue weighted by molar-refractivity contribution is -0.143. The number of carbonyl (C=O) groups is 1. The van der Waals surface area contributed by atoms with E-state index in [1.165, 1.54) is 0 Å². The third-order valence-corrected chi connectivity index (χ3v) is 3.43. The van der Waals surface area contributed by atoms with Gasteiger partial charge in [0.05, 0.1) is 17.7 Å². The summed E-state index contributed by atoms with van der Waals surface area (Å²) in [5.74, 6) is 5.12. The molecule has 1 saturated heterocycles. The van der Waals surface area contributed by atoms with Gasteiger partial charge in [-0.25, -0.2) is 5.84 Å². The van der Waals surface area contributed by atoms with E-state index in [-0.39, 0.29) is 18.1 Å². The number of nitrogens with zero attached hydrogens (tertiary/aromatic N) is 1. The molecule has 3 unspecified atom stereocenters. The number of hydrogen-bond donors (Lipinski definition) is 2. The number of amides is 1. The van der Waals surface area contributed by atoms with Crippen LogP contribution in [0.2, 0.25) is 0 Å². The maximum Gasteiger partial charge on any atom is 0.254 e. The van der Waals surface area contributed by atoms with Crippen molar-refractivity contribution in [2.24, 2.45) is 5.84 Å². The molecule has 1 heterocycles. The van der Waals surface area contributed by atoms with E-state index in [0.717, 1.165) is 19.5 Å². The Bertz CT molecular complexity index is 250. The number of nitrogens with one attached hydrogen (secondary N) is 1. The van der Waals surface area contributed by atoms with Gasteiger partial charge in [-0.2, -0.15) is 0 Å². The maximum absolute atomic E-state index is 11.9. The molecule has 94 valence electrons. The number of morpholine rings is 1. The second-order valence-electron chi connectivity index (χ2n) is 4.76. The SMILES string of the molecule is CCC(C)(C(=O)NN)N1CC(C)OC(C)C1. The predicted molar refractivity (Wildman–Crippen MR) is 62.6 cm³/mol. The summed E-state index contributed by atoms with van der Waals surface area (Å²) in [6.45, 7) is 9.52. The first-order valence-electron chi connectivity index (χ1n) is 5.85. The average molecular weight is 229 g/mol. The Labute approximate surface area is 97.3 Å². The standard InChI is InChI=1S/C11H23N3O2/c1-5-11(4,10(15)13-12)14-6-8(2)16-9(3)7-14/h8-9H,5-7,12H2,1-4H3,(H,13,15). The first kappa shape index (κ1) is 13.4. The molecule has 0 bridgehead atoms. The summed E-state index contributed by atoms with van der Waals surface area (Å²) in [6, 6.07) is 0. The van der Waals surface area contributed by atoms with E-state index in [1.807, 2.05) is 27.7 Å². The van der Waals surface area contributed by atoms with Crippen LogP contribution in [0.5, 0.6) is 0 Å². The molecule has 3 atom stereocenters. The van der Waals surface area contributed by atoms with Crippen molar-refractivity contribution in [1.82, 2.24) is 10.3 Å². The zero-order valence-electron chi connectivity index (χ0n) is 10.6. The van der Waals surface area contributed by atoms with E-state index < -0.39 is 5.54 Å². The van der Waals surface area contributed by atoms with Crippen LogP contribution >= 0.6 is 0 Å². The zero-order valence-corrected chi connectivity index (χ0v) is 10.6. The van der Waals surface area contributed by atoms with Crippen LogP contribution < -0.4 is 11.3 Å². The van der Waals surface area contributed by atoms with Crippen molar-refractivity contribution in [3.8, 4) is 0 Å². The van der Waals surface area contributed by atoms with Gasteiger partial charge in [-0.15, -0.1) is 0 Å². The highest BCUT2D eigenvalue weighted by atomic mass is 16.5. The van der Waals surface area contributed by atoms with Gasteiger partial charge < -0.3 is 4.74 Å². The van der Waals surface area contributed by atoms with Crippen molar-refractivity contribution in [1.29, 1.82) is 0 Å². The van der Waals surface area contributed by atoms with Gasteiger partial charge in [-0.05, 0) is 27.2 Å². The van der Waals surface area contributed by atoms with Gasteiger partial charge in [0.2, 0.25) is 0 Å². The van der Waals surface area contributed by atoms with E-state index in [0.29, 0.717) is 0 Å². The van der Waals surface area contributed by atoms with Crippen molar-refractivity contribution in [3.05, 3.63) is 0 Å². The molecule has 5 heteroatoms. The number of carbonyl (C=O) groups excluding carboxylic acids is 1. The molecule has 0 aromatic heterocycles. The molecule has 1 aliphatic heterocycles. The predicted octanol–water partition coefficient (Wildman–Crippen LogP) is 0.254. The van der Waals surface area contributed by atoms with E-state index in [2.05, 4.69) is 10.3 Å². The van der Waals surface area contributed by atoms with Crippen molar-refractivity contribution in [3.63, 3.8) is 0 Å². The first-order chi connectivity index (χ1) is 7.43. The number of hydrogen-bond acceptors (Lipinski definition) is 4. The van der Waals surface area contributed by atoms with Crippen LogP contribution in [0.25, 0.3) is 0 Å². The van der Waals surface area contributed by atoms with Gasteiger partial charge in [-0.3, -0.25) is 15.1 Å². The Balaban J connectivity index is 2.83. The van der Waals surface area contributed by atoms with Crippen LogP contribution in [-0.2, 0) is 9.53 Å². The van der Waals surface area contributed by atoms with Gasteiger partial charge in [0.15, 0.2) is 0 Å². The van der Waals surface area contributed by atoms with E-state index in [4.69, 9.17) is 10.6 Å². The van der Waals surface area contributed by atoms with Crippen molar-refractivity contribution >= 4 is 5.91 Å². The van der Waals surface area contributed by atoms with Gasteiger partial charge in [0.1, 0.15) is 0 Å². The molecule has 0 radical (unpaired) electrons. The van der Waals surface area contributed by atoms with Crippen molar-refractivity contribution in [2.45, 2.75) is 51.9 Å². The summed E-state index contributed by atoms with van der Waals surface area (Å²) in [7, 11) is 0. The molecule has 1 rings (SSSR count). The molecule has 1 amide bonds. The van der Waals surface area contributed by atoms with Crippen molar-refractivity contribution in [2.75, 3.05) is 13.1 Å². The van der Waals surface area contributed by atoms with Crippen LogP contribution in [0.15, 0.2) is 0 Å². The Morgan fingerprint density at radius 1 is 1.50 bits per heavy atom. The van der Waals surface area contributed by atoms with Gasteiger partial charge in [0.25, 0.3) is 5.91 Å². The highest BCUT2D eigenvalue weighted by Gasteiger charge is 2.40. The lowest BCUT2D eigenvalue weighted by Crippen LogP contribution is -2.63. The first-order valence-corrected chi connectivity index (χ1v) is 5.85. The topological polar surface area (TPSA) is 67.6 Å². The van der Waals surface area contributed by atoms with Gasteiger partial charge in [-0.1, -0.05) is 6.92 Å². The smallest absolute Gasteiger partial charge is 0.254 e. The lowest BCUT2D eigenvalue weighted by Gasteiger charge is -2.45. The largest absolute Gasteiger partial charge is 0.373 e. The Hall–Kier alpha value is -0.650. The summed E-state index contributed by atoms with van der Waals surface area (Å²) in [4.78, 5) is 14.0. The third kappa shape index (κ3) is 2.53. The number of rotatable bonds is 3. The molecule has 0 spiro atoms. The van der Waals surface area contributed by atoms with Crippen LogP contribution in [0, 0.1) is 0 Å². The molecule has 16 heavy (non-hydrogen) atoms. The third-order valence-electron chi connectivity index (χ3n) is 3.43. The molecule has 1 fully saturated rings. The van der Waals surface area contributed by atoms with Gasteiger partial charge >= 0.3 is 0 Å². The van der Waals surface area contributed by atoms with Crippen LogP contribution in [0.4, 0.5) is 0 Å². The van der Waals surface area contributed by atoms with E-state index >= 15 is 0 Å². The second kappa shape index (κ2) is 5.12. The van der Waals surface area contributed by atoms with E-state index in [9.17, 15) is 4.79 Å². The number of nitrogens with two attached hydrogens (primary N) is 1. The number of ether oxygens (including phenoxy) is 1. The van der Waals surface area contributed by atoms with Crippen LogP contribution in [0.1, 0.15) is 34.1 Å². The summed E-state index contributed by atoms with van der Waals surface area (Å²) in [5.41, 5.74) is 1.72. The zero-order chi connectivity index (χ0) is 12.3. The van der Waals surface area contributed by atoms with Crippen molar-refractivity contribution < 1.29 is 9.53 Å². The minimum atomic E-state index is -0.541. The molecule has 3 N–H and O–H groups in total. The quantitative estimate of drug-likeness (QED) is 0.414. The summed E-state index contributed by atoms with van der Waals surface area (Å²) < 4.78 is 5.66. The molecule has 0 aliphatic carbocycles. The van der Waals surface area contributed by atoms with E-state index in [1.54, 1.807) is 0 Å². The Morgan fingerprint density at radius 2 is 2.00 bits per heavy atom. The lowest BCUT2D eigenvalue weighted by atomic mass is 9.93. The highest BCUT2D eigenvalue weighted by Crippen LogP contribution is 2.24. The number of hydrazine groups is 1.